The van der Waals surface area contributed by atoms with Crippen molar-refractivity contribution in [2.45, 2.75) is 38.1 Å². The molecule has 2 aliphatic rings. The lowest BCUT2D eigenvalue weighted by Gasteiger charge is -2.34. The average molecular weight is 203 g/mol. The summed E-state index contributed by atoms with van der Waals surface area (Å²) in [4.78, 5) is 2.57. The average Bonchev–Trinajstić information content (AvgIpc) is 2.33. The molecule has 0 bridgehead atoms. The number of likely N-dealkylation sites (tertiary alicyclic amines) is 1. The summed E-state index contributed by atoms with van der Waals surface area (Å²) in [6.45, 7) is 6.47. The first-order valence-electron chi connectivity index (χ1n) is 6.15. The Morgan fingerprint density at radius 2 is 2.00 bits per heavy atom. The SMILES string of the molecule is C=CC(C1=CCCC=C1)N1CCCCC1. The minimum absolute atomic E-state index is 0.460. The van der Waals surface area contributed by atoms with E-state index in [-0.39, 0.29) is 0 Å². The standard InChI is InChI=1S/C14H21N/c1-2-14(13-9-5-3-6-10-13)15-11-7-4-8-12-15/h2,5,9-10,14H,1,3-4,6-8,11-12H2. The van der Waals surface area contributed by atoms with E-state index in [9.17, 15) is 0 Å². The molecule has 1 fully saturated rings. The molecule has 0 saturated carbocycles. The molecule has 15 heavy (non-hydrogen) atoms. The van der Waals surface area contributed by atoms with E-state index < -0.39 is 0 Å². The molecule has 1 heteroatoms. The van der Waals surface area contributed by atoms with Gasteiger partial charge >= 0.3 is 0 Å². The number of piperidine rings is 1. The third-order valence-electron chi connectivity index (χ3n) is 3.37. The Morgan fingerprint density at radius 1 is 1.20 bits per heavy atom. The molecule has 1 aliphatic heterocycles. The number of hydrogen-bond donors (Lipinski definition) is 0. The topological polar surface area (TPSA) is 3.24 Å². The van der Waals surface area contributed by atoms with Gasteiger partial charge in [-0.2, -0.15) is 0 Å². The fourth-order valence-electron chi connectivity index (χ4n) is 2.55. The Labute approximate surface area is 93.2 Å². The van der Waals surface area contributed by atoms with Gasteiger partial charge in [0.1, 0.15) is 0 Å². The lowest BCUT2D eigenvalue weighted by molar-refractivity contribution is 0.211. The van der Waals surface area contributed by atoms with Crippen LogP contribution in [0.3, 0.4) is 0 Å². The first-order valence-corrected chi connectivity index (χ1v) is 6.15. The van der Waals surface area contributed by atoms with E-state index in [0.29, 0.717) is 6.04 Å². The smallest absolute Gasteiger partial charge is 0.0525 e. The van der Waals surface area contributed by atoms with Crippen molar-refractivity contribution in [3.8, 4) is 0 Å². The van der Waals surface area contributed by atoms with E-state index in [0.717, 1.165) is 0 Å². The lowest BCUT2D eigenvalue weighted by atomic mass is 9.97. The summed E-state index contributed by atoms with van der Waals surface area (Å²) in [6.07, 6.45) is 15.5. The van der Waals surface area contributed by atoms with Crippen LogP contribution in [0.1, 0.15) is 32.1 Å². The minimum atomic E-state index is 0.460. The zero-order chi connectivity index (χ0) is 10.5. The number of nitrogens with zero attached hydrogens (tertiary/aromatic N) is 1. The molecule has 2 rings (SSSR count). The van der Waals surface area contributed by atoms with Gasteiger partial charge in [0.05, 0.1) is 6.04 Å². The van der Waals surface area contributed by atoms with Crippen molar-refractivity contribution in [2.75, 3.05) is 13.1 Å². The Hall–Kier alpha value is -0.820. The van der Waals surface area contributed by atoms with Gasteiger partial charge in [-0.15, -0.1) is 6.58 Å². The van der Waals surface area contributed by atoms with Gasteiger partial charge < -0.3 is 0 Å². The van der Waals surface area contributed by atoms with Crippen LogP contribution in [0.25, 0.3) is 0 Å². The second-order valence-corrected chi connectivity index (χ2v) is 4.46. The van der Waals surface area contributed by atoms with Crippen molar-refractivity contribution in [1.82, 2.24) is 4.90 Å². The van der Waals surface area contributed by atoms with E-state index in [1.54, 1.807) is 0 Å². The summed E-state index contributed by atoms with van der Waals surface area (Å²) in [5.74, 6) is 0. The first kappa shape index (κ1) is 10.7. The quantitative estimate of drug-likeness (QED) is 0.636. The molecule has 0 radical (unpaired) electrons. The maximum atomic E-state index is 4.00. The molecule has 0 aromatic carbocycles. The highest BCUT2D eigenvalue weighted by Gasteiger charge is 2.20. The summed E-state index contributed by atoms with van der Waals surface area (Å²) < 4.78 is 0. The highest BCUT2D eigenvalue weighted by atomic mass is 15.2. The van der Waals surface area contributed by atoms with Crippen molar-refractivity contribution in [1.29, 1.82) is 0 Å². The molecule has 1 aliphatic carbocycles. The summed E-state index contributed by atoms with van der Waals surface area (Å²) >= 11 is 0. The number of hydrogen-bond acceptors (Lipinski definition) is 1. The van der Waals surface area contributed by atoms with Gasteiger partial charge in [-0.3, -0.25) is 4.90 Å². The van der Waals surface area contributed by atoms with Crippen LogP contribution in [0, 0.1) is 0 Å². The second kappa shape index (κ2) is 5.32. The fraction of sp³-hybridized carbons (Fsp3) is 0.571. The third-order valence-corrected chi connectivity index (χ3v) is 3.37. The Kier molecular flexibility index (Phi) is 3.79. The largest absolute Gasteiger partial charge is 0.293 e. The Morgan fingerprint density at radius 3 is 2.60 bits per heavy atom. The van der Waals surface area contributed by atoms with Crippen LogP contribution >= 0.6 is 0 Å². The van der Waals surface area contributed by atoms with E-state index in [1.165, 1.54) is 50.8 Å². The predicted octanol–water partition coefficient (Wildman–Crippen LogP) is 3.30. The number of rotatable bonds is 3. The van der Waals surface area contributed by atoms with Crippen molar-refractivity contribution >= 4 is 0 Å². The molecule has 1 unspecified atom stereocenters. The van der Waals surface area contributed by atoms with E-state index >= 15 is 0 Å². The monoisotopic (exact) mass is 203 g/mol. The summed E-state index contributed by atoms with van der Waals surface area (Å²) in [7, 11) is 0. The normalized spacial score (nSPS) is 24.7. The third kappa shape index (κ3) is 2.60. The molecule has 82 valence electrons. The maximum absolute atomic E-state index is 4.00. The van der Waals surface area contributed by atoms with E-state index in [1.807, 2.05) is 0 Å². The first-order chi connectivity index (χ1) is 7.42. The molecule has 1 atom stereocenters. The van der Waals surface area contributed by atoms with Gasteiger partial charge in [-0.25, -0.2) is 0 Å². The van der Waals surface area contributed by atoms with Crippen molar-refractivity contribution in [2.24, 2.45) is 0 Å². The summed E-state index contributed by atoms with van der Waals surface area (Å²) in [5, 5.41) is 0. The molecular weight excluding hydrogens is 182 g/mol. The zero-order valence-corrected chi connectivity index (χ0v) is 9.49. The van der Waals surface area contributed by atoms with Crippen LogP contribution in [0.5, 0.6) is 0 Å². The molecule has 0 aromatic heterocycles. The van der Waals surface area contributed by atoms with Crippen LogP contribution in [-0.4, -0.2) is 24.0 Å². The zero-order valence-electron chi connectivity index (χ0n) is 9.49. The summed E-state index contributed by atoms with van der Waals surface area (Å²) in [6, 6.07) is 0.460. The molecule has 0 spiro atoms. The van der Waals surface area contributed by atoms with E-state index in [4.69, 9.17) is 0 Å². The van der Waals surface area contributed by atoms with Crippen LogP contribution in [0.15, 0.2) is 36.5 Å². The van der Waals surface area contributed by atoms with Crippen LogP contribution in [0.4, 0.5) is 0 Å². The molecular formula is C14H21N. The van der Waals surface area contributed by atoms with Crippen molar-refractivity contribution < 1.29 is 0 Å². The number of allylic oxidation sites excluding steroid dienone is 2. The highest BCUT2D eigenvalue weighted by Crippen LogP contribution is 2.22. The summed E-state index contributed by atoms with van der Waals surface area (Å²) in [5.41, 5.74) is 1.46. The van der Waals surface area contributed by atoms with Crippen LogP contribution < -0.4 is 0 Å². The molecule has 0 N–H and O–H groups in total. The fourth-order valence-corrected chi connectivity index (χ4v) is 2.55. The van der Waals surface area contributed by atoms with E-state index in [2.05, 4.69) is 35.8 Å². The lowest BCUT2D eigenvalue weighted by Crippen LogP contribution is -2.39. The molecule has 1 nitrogen and oxygen atoms in total. The molecule has 1 heterocycles. The van der Waals surface area contributed by atoms with Gasteiger partial charge in [-0.1, -0.05) is 30.7 Å². The van der Waals surface area contributed by atoms with Crippen molar-refractivity contribution in [3.63, 3.8) is 0 Å². The van der Waals surface area contributed by atoms with Gasteiger partial charge in [0.15, 0.2) is 0 Å². The van der Waals surface area contributed by atoms with Crippen LogP contribution in [-0.2, 0) is 0 Å². The van der Waals surface area contributed by atoms with Gasteiger partial charge in [0.2, 0.25) is 0 Å². The highest BCUT2D eigenvalue weighted by molar-refractivity contribution is 5.31. The second-order valence-electron chi connectivity index (χ2n) is 4.46. The maximum Gasteiger partial charge on any atom is 0.0525 e. The predicted molar refractivity (Wildman–Crippen MR) is 65.9 cm³/mol. The Balaban J connectivity index is 2.04. The van der Waals surface area contributed by atoms with Gasteiger partial charge in [0, 0.05) is 0 Å². The minimum Gasteiger partial charge on any atom is -0.293 e. The van der Waals surface area contributed by atoms with Crippen molar-refractivity contribution in [3.05, 3.63) is 36.5 Å². The van der Waals surface area contributed by atoms with Gasteiger partial charge in [-0.05, 0) is 44.3 Å². The molecule has 0 amide bonds. The van der Waals surface area contributed by atoms with Gasteiger partial charge in [0.25, 0.3) is 0 Å². The Bertz CT molecular complexity index is 269. The molecule has 1 saturated heterocycles. The molecule has 0 aromatic rings. The van der Waals surface area contributed by atoms with Crippen LogP contribution in [0.2, 0.25) is 0 Å².